The van der Waals surface area contributed by atoms with E-state index < -0.39 is 0 Å². The van der Waals surface area contributed by atoms with Crippen LogP contribution >= 0.6 is 82.0 Å². The molecule has 100 valence electrons. The SMILES string of the molecule is CN(C)C(=S)SCc1c(Cl)c(Cl)c(Cl)c(Cl)c1Cl. The standard InChI is InChI=1S/C10H8Cl5NS2/c1-16(2)10(17)18-3-4-5(11)7(13)9(15)8(14)6(4)12/h3H2,1-2H3. The Morgan fingerprint density at radius 2 is 1.33 bits per heavy atom. The third kappa shape index (κ3) is 3.72. The van der Waals surface area contributed by atoms with Crippen molar-refractivity contribution >= 4 is 86.3 Å². The second kappa shape index (κ2) is 7.07. The Bertz CT molecular complexity index is 461. The van der Waals surface area contributed by atoms with Crippen molar-refractivity contribution in [1.82, 2.24) is 4.90 Å². The predicted molar refractivity (Wildman–Crippen MR) is 89.1 cm³/mol. The molecular weight excluding hydrogens is 376 g/mol. The zero-order valence-corrected chi connectivity index (χ0v) is 14.8. The maximum Gasteiger partial charge on any atom is 0.136 e. The first-order chi connectivity index (χ1) is 8.27. The van der Waals surface area contributed by atoms with Gasteiger partial charge in [0.05, 0.1) is 25.1 Å². The summed E-state index contributed by atoms with van der Waals surface area (Å²) in [4.78, 5) is 1.82. The molecule has 1 aromatic rings. The van der Waals surface area contributed by atoms with Crippen molar-refractivity contribution in [3.63, 3.8) is 0 Å². The van der Waals surface area contributed by atoms with Gasteiger partial charge >= 0.3 is 0 Å². The number of nitrogens with zero attached hydrogens (tertiary/aromatic N) is 1. The Hall–Kier alpha value is 0.910. The van der Waals surface area contributed by atoms with Crippen molar-refractivity contribution < 1.29 is 0 Å². The summed E-state index contributed by atoms with van der Waals surface area (Å²) in [5.41, 5.74) is 0.631. The van der Waals surface area contributed by atoms with Gasteiger partial charge in [-0.2, -0.15) is 0 Å². The first kappa shape index (κ1) is 17.0. The summed E-state index contributed by atoms with van der Waals surface area (Å²) in [6.07, 6.45) is 0. The van der Waals surface area contributed by atoms with E-state index in [4.69, 9.17) is 70.2 Å². The molecule has 8 heteroatoms. The third-order valence-corrected chi connectivity index (χ3v) is 6.12. The molecule has 0 aliphatic carbocycles. The highest BCUT2D eigenvalue weighted by atomic mass is 35.5. The summed E-state index contributed by atoms with van der Waals surface area (Å²) < 4.78 is 0.712. The summed E-state index contributed by atoms with van der Waals surface area (Å²) in [5, 5.41) is 1.20. The van der Waals surface area contributed by atoms with Crippen LogP contribution < -0.4 is 0 Å². The fourth-order valence-electron chi connectivity index (χ4n) is 1.04. The van der Waals surface area contributed by atoms with E-state index in [9.17, 15) is 0 Å². The van der Waals surface area contributed by atoms with E-state index in [2.05, 4.69) is 0 Å². The normalized spacial score (nSPS) is 10.6. The first-order valence-electron chi connectivity index (χ1n) is 4.61. The van der Waals surface area contributed by atoms with Gasteiger partial charge in [-0.3, -0.25) is 0 Å². The lowest BCUT2D eigenvalue weighted by atomic mass is 10.2. The molecule has 0 bridgehead atoms. The second-order valence-electron chi connectivity index (χ2n) is 3.50. The maximum atomic E-state index is 6.11. The van der Waals surface area contributed by atoms with Gasteiger partial charge in [-0.25, -0.2) is 0 Å². The van der Waals surface area contributed by atoms with Crippen molar-refractivity contribution in [2.24, 2.45) is 0 Å². The number of thioether (sulfide) groups is 1. The minimum absolute atomic E-state index is 0.164. The van der Waals surface area contributed by atoms with Crippen LogP contribution in [0.2, 0.25) is 25.1 Å². The Kier molecular flexibility index (Phi) is 6.66. The number of hydrogen-bond acceptors (Lipinski definition) is 2. The Labute approximate surface area is 141 Å². The molecule has 0 aromatic heterocycles. The van der Waals surface area contributed by atoms with E-state index in [-0.39, 0.29) is 15.1 Å². The molecule has 0 aliphatic rings. The average molecular weight is 384 g/mol. The fourth-order valence-corrected chi connectivity index (χ4v) is 3.50. The van der Waals surface area contributed by atoms with E-state index in [1.165, 1.54) is 11.8 Å². The van der Waals surface area contributed by atoms with E-state index in [0.29, 0.717) is 25.7 Å². The summed E-state index contributed by atoms with van der Waals surface area (Å²) >= 11 is 36.7. The number of thiocarbonyl (C=S) groups is 1. The summed E-state index contributed by atoms with van der Waals surface area (Å²) in [7, 11) is 3.72. The molecule has 0 saturated heterocycles. The van der Waals surface area contributed by atoms with Gasteiger partial charge in [0.25, 0.3) is 0 Å². The summed E-state index contributed by atoms with van der Waals surface area (Å²) in [6.45, 7) is 0. The Morgan fingerprint density at radius 1 is 0.944 bits per heavy atom. The van der Waals surface area contributed by atoms with Gasteiger partial charge in [-0.05, 0) is 0 Å². The molecular formula is C10H8Cl5NS2. The van der Waals surface area contributed by atoms with Crippen LogP contribution in [0.25, 0.3) is 0 Å². The molecule has 0 amide bonds. The largest absolute Gasteiger partial charge is 0.364 e. The fraction of sp³-hybridized carbons (Fsp3) is 0.300. The molecule has 18 heavy (non-hydrogen) atoms. The molecule has 0 N–H and O–H groups in total. The van der Waals surface area contributed by atoms with Gasteiger partial charge in [0, 0.05) is 25.4 Å². The van der Waals surface area contributed by atoms with Crippen molar-refractivity contribution in [2.75, 3.05) is 14.1 Å². The van der Waals surface area contributed by atoms with Crippen LogP contribution in [-0.4, -0.2) is 23.3 Å². The molecule has 0 radical (unpaired) electrons. The lowest BCUT2D eigenvalue weighted by molar-refractivity contribution is 0.648. The van der Waals surface area contributed by atoms with Gasteiger partial charge in [0.15, 0.2) is 0 Å². The van der Waals surface area contributed by atoms with E-state index >= 15 is 0 Å². The van der Waals surface area contributed by atoms with Gasteiger partial charge in [-0.1, -0.05) is 82.0 Å². The van der Waals surface area contributed by atoms with E-state index in [0.717, 1.165) is 0 Å². The zero-order valence-electron chi connectivity index (χ0n) is 9.36. The number of benzene rings is 1. The first-order valence-corrected chi connectivity index (χ1v) is 7.90. The minimum atomic E-state index is 0.164. The maximum absolute atomic E-state index is 6.11. The van der Waals surface area contributed by atoms with Crippen molar-refractivity contribution in [1.29, 1.82) is 0 Å². The molecule has 0 saturated carbocycles. The summed E-state index contributed by atoms with van der Waals surface area (Å²) in [6, 6.07) is 0. The molecule has 1 rings (SSSR count). The van der Waals surface area contributed by atoms with Crippen LogP contribution in [-0.2, 0) is 5.75 Å². The van der Waals surface area contributed by atoms with Gasteiger partial charge in [0.1, 0.15) is 4.32 Å². The Morgan fingerprint density at radius 3 is 1.72 bits per heavy atom. The average Bonchev–Trinajstić information content (AvgIpc) is 2.33. The lowest BCUT2D eigenvalue weighted by Crippen LogP contribution is -2.16. The molecule has 0 unspecified atom stereocenters. The molecule has 0 atom stereocenters. The third-order valence-electron chi connectivity index (χ3n) is 2.01. The topological polar surface area (TPSA) is 3.24 Å². The monoisotopic (exact) mass is 381 g/mol. The molecule has 0 aliphatic heterocycles. The van der Waals surface area contributed by atoms with Crippen LogP contribution in [0, 0.1) is 0 Å². The molecule has 0 heterocycles. The predicted octanol–water partition coefficient (Wildman–Crippen LogP) is 6.03. The number of hydrogen-bond donors (Lipinski definition) is 0. The van der Waals surface area contributed by atoms with Gasteiger partial charge in [0.2, 0.25) is 0 Å². The van der Waals surface area contributed by atoms with E-state index in [1.807, 2.05) is 19.0 Å². The summed E-state index contributed by atoms with van der Waals surface area (Å²) in [5.74, 6) is 0.477. The van der Waals surface area contributed by atoms with Crippen LogP contribution in [0.3, 0.4) is 0 Å². The van der Waals surface area contributed by atoms with Crippen molar-refractivity contribution in [3.05, 3.63) is 30.7 Å². The molecule has 0 fully saturated rings. The highest BCUT2D eigenvalue weighted by Gasteiger charge is 2.19. The van der Waals surface area contributed by atoms with Gasteiger partial charge in [-0.15, -0.1) is 0 Å². The van der Waals surface area contributed by atoms with Crippen LogP contribution in [0.5, 0.6) is 0 Å². The second-order valence-corrected chi connectivity index (χ2v) is 7.00. The number of rotatable bonds is 2. The van der Waals surface area contributed by atoms with Crippen LogP contribution in [0.15, 0.2) is 0 Å². The smallest absolute Gasteiger partial charge is 0.136 e. The van der Waals surface area contributed by atoms with Crippen LogP contribution in [0.1, 0.15) is 5.56 Å². The zero-order chi connectivity index (χ0) is 14.0. The van der Waals surface area contributed by atoms with Crippen molar-refractivity contribution in [2.45, 2.75) is 5.75 Å². The minimum Gasteiger partial charge on any atom is -0.364 e. The Balaban J connectivity index is 3.07. The molecule has 1 nitrogen and oxygen atoms in total. The van der Waals surface area contributed by atoms with Crippen LogP contribution in [0.4, 0.5) is 0 Å². The molecule has 1 aromatic carbocycles. The lowest BCUT2D eigenvalue weighted by Gasteiger charge is -2.15. The van der Waals surface area contributed by atoms with Gasteiger partial charge < -0.3 is 4.90 Å². The quantitative estimate of drug-likeness (QED) is 0.348. The number of halogens is 5. The highest BCUT2D eigenvalue weighted by Crippen LogP contribution is 2.45. The molecule has 0 spiro atoms. The van der Waals surface area contributed by atoms with E-state index in [1.54, 1.807) is 0 Å². The van der Waals surface area contributed by atoms with Crippen molar-refractivity contribution in [3.8, 4) is 0 Å². The highest BCUT2D eigenvalue weighted by molar-refractivity contribution is 8.22.